The first-order chi connectivity index (χ1) is 16.0. The van der Waals surface area contributed by atoms with Crippen molar-refractivity contribution < 1.29 is 23.7 Å². The van der Waals surface area contributed by atoms with E-state index in [9.17, 15) is 4.79 Å². The number of rotatable bonds is 12. The molecule has 0 unspecified atom stereocenters. The molecule has 6 nitrogen and oxygen atoms in total. The van der Waals surface area contributed by atoms with Crippen molar-refractivity contribution >= 4 is 40.3 Å². The highest BCUT2D eigenvalue weighted by Crippen LogP contribution is 2.34. The van der Waals surface area contributed by atoms with Gasteiger partial charge in [-0.25, -0.2) is 0 Å². The molecular formula is C25H29NO5S2. The fourth-order valence-electron chi connectivity index (χ4n) is 3.09. The molecular weight excluding hydrogens is 458 g/mol. The summed E-state index contributed by atoms with van der Waals surface area (Å²) in [6.07, 6.45) is 1.83. The van der Waals surface area contributed by atoms with Crippen molar-refractivity contribution in [1.82, 2.24) is 4.90 Å². The third-order valence-corrected chi connectivity index (χ3v) is 6.14. The van der Waals surface area contributed by atoms with Gasteiger partial charge >= 0.3 is 0 Å². The van der Waals surface area contributed by atoms with Crippen molar-refractivity contribution in [2.45, 2.75) is 20.8 Å². The monoisotopic (exact) mass is 487 g/mol. The lowest BCUT2D eigenvalue weighted by molar-refractivity contribution is -0.121. The molecule has 8 heteroatoms. The number of thioether (sulfide) groups is 1. The molecule has 0 saturated carbocycles. The van der Waals surface area contributed by atoms with E-state index < -0.39 is 0 Å². The van der Waals surface area contributed by atoms with Crippen molar-refractivity contribution in [3.8, 4) is 17.2 Å². The molecule has 0 N–H and O–H groups in total. The number of hydrogen-bond acceptors (Lipinski definition) is 7. The topological polar surface area (TPSA) is 57.2 Å². The molecule has 33 heavy (non-hydrogen) atoms. The standard InChI is InChI=1S/C25H29NO5S2/c1-4-26-24(27)23(33-25(26)32)17-19-8-11-21(22(16-19)29-5-2)31-15-13-28-12-14-30-20-9-6-18(3)7-10-20/h6-11,16-17H,4-5,12-15H2,1-3H3/b23-17-. The fourth-order valence-corrected chi connectivity index (χ4v) is 4.48. The first-order valence-electron chi connectivity index (χ1n) is 10.9. The molecule has 0 aromatic heterocycles. The number of benzene rings is 2. The fraction of sp³-hybridized carbons (Fsp3) is 0.360. The lowest BCUT2D eigenvalue weighted by atomic mass is 10.2. The first-order valence-corrected chi connectivity index (χ1v) is 12.2. The number of carbonyl (C=O) groups is 1. The Morgan fingerprint density at radius 3 is 2.33 bits per heavy atom. The Hall–Kier alpha value is -2.55. The largest absolute Gasteiger partial charge is 0.491 e. The van der Waals surface area contributed by atoms with Crippen molar-refractivity contribution in [3.05, 3.63) is 58.5 Å². The van der Waals surface area contributed by atoms with Crippen LogP contribution in [-0.2, 0) is 9.53 Å². The Morgan fingerprint density at radius 2 is 1.67 bits per heavy atom. The highest BCUT2D eigenvalue weighted by Gasteiger charge is 2.30. The summed E-state index contributed by atoms with van der Waals surface area (Å²) in [6, 6.07) is 13.5. The van der Waals surface area contributed by atoms with E-state index in [1.165, 1.54) is 17.3 Å². The maximum absolute atomic E-state index is 12.4. The molecule has 1 amide bonds. The average Bonchev–Trinajstić information content (AvgIpc) is 3.07. The molecule has 0 atom stereocenters. The van der Waals surface area contributed by atoms with Crippen LogP contribution in [0.1, 0.15) is 25.0 Å². The van der Waals surface area contributed by atoms with Gasteiger partial charge in [-0.05, 0) is 56.7 Å². The predicted molar refractivity (Wildman–Crippen MR) is 136 cm³/mol. The van der Waals surface area contributed by atoms with E-state index >= 15 is 0 Å². The number of thiocarbonyl (C=S) groups is 1. The van der Waals surface area contributed by atoms with Crippen LogP contribution >= 0.6 is 24.0 Å². The number of amides is 1. The quantitative estimate of drug-likeness (QED) is 0.235. The molecule has 0 aliphatic carbocycles. The van der Waals surface area contributed by atoms with Gasteiger partial charge in [0.2, 0.25) is 0 Å². The zero-order valence-electron chi connectivity index (χ0n) is 19.2. The highest BCUT2D eigenvalue weighted by atomic mass is 32.2. The number of aryl methyl sites for hydroxylation is 1. The molecule has 2 aromatic rings. The van der Waals surface area contributed by atoms with Crippen LogP contribution in [0.3, 0.4) is 0 Å². The smallest absolute Gasteiger partial charge is 0.266 e. The molecule has 2 aromatic carbocycles. The molecule has 1 aliphatic rings. The zero-order chi connectivity index (χ0) is 23.6. The average molecular weight is 488 g/mol. The summed E-state index contributed by atoms with van der Waals surface area (Å²) in [5, 5.41) is 0. The lowest BCUT2D eigenvalue weighted by Crippen LogP contribution is -2.27. The van der Waals surface area contributed by atoms with Crippen LogP contribution in [0.2, 0.25) is 0 Å². The maximum atomic E-state index is 12.4. The van der Waals surface area contributed by atoms with E-state index in [-0.39, 0.29) is 5.91 Å². The van der Waals surface area contributed by atoms with Gasteiger partial charge in [-0.3, -0.25) is 9.69 Å². The Kier molecular flexibility index (Phi) is 9.60. The van der Waals surface area contributed by atoms with Crippen LogP contribution in [0, 0.1) is 6.92 Å². The number of likely N-dealkylation sites (N-methyl/N-ethyl adjacent to an activating group) is 1. The molecule has 176 valence electrons. The molecule has 0 spiro atoms. The number of carbonyl (C=O) groups excluding carboxylic acids is 1. The minimum atomic E-state index is -0.0608. The van der Waals surface area contributed by atoms with Gasteiger partial charge in [-0.1, -0.05) is 47.7 Å². The van der Waals surface area contributed by atoms with E-state index in [1.54, 1.807) is 4.90 Å². The molecule has 1 fully saturated rings. The van der Waals surface area contributed by atoms with E-state index in [0.717, 1.165) is 11.3 Å². The van der Waals surface area contributed by atoms with Gasteiger partial charge < -0.3 is 18.9 Å². The Labute approximate surface area is 204 Å². The van der Waals surface area contributed by atoms with Crippen molar-refractivity contribution in [2.75, 3.05) is 39.6 Å². The van der Waals surface area contributed by atoms with E-state index in [2.05, 4.69) is 0 Å². The van der Waals surface area contributed by atoms with Crippen LogP contribution < -0.4 is 14.2 Å². The van der Waals surface area contributed by atoms with Crippen LogP contribution in [-0.4, -0.2) is 54.7 Å². The second-order valence-electron chi connectivity index (χ2n) is 7.19. The second-order valence-corrected chi connectivity index (χ2v) is 8.86. The van der Waals surface area contributed by atoms with Crippen LogP contribution in [0.5, 0.6) is 17.2 Å². The third-order valence-electron chi connectivity index (χ3n) is 4.76. The maximum Gasteiger partial charge on any atom is 0.266 e. The van der Waals surface area contributed by atoms with Crippen molar-refractivity contribution in [1.29, 1.82) is 0 Å². The van der Waals surface area contributed by atoms with Crippen LogP contribution in [0.15, 0.2) is 47.4 Å². The van der Waals surface area contributed by atoms with Gasteiger partial charge in [0.1, 0.15) is 23.3 Å². The van der Waals surface area contributed by atoms with Crippen molar-refractivity contribution in [3.63, 3.8) is 0 Å². The molecule has 1 heterocycles. The van der Waals surface area contributed by atoms with E-state index in [0.29, 0.717) is 60.3 Å². The summed E-state index contributed by atoms with van der Waals surface area (Å²) in [4.78, 5) is 14.6. The highest BCUT2D eigenvalue weighted by molar-refractivity contribution is 8.26. The molecule has 1 aliphatic heterocycles. The Bertz CT molecular complexity index is 991. The van der Waals surface area contributed by atoms with E-state index in [1.807, 2.05) is 69.3 Å². The SMILES string of the molecule is CCOc1cc(/C=C2\SC(=S)N(CC)C2=O)ccc1OCCOCCOc1ccc(C)cc1. The number of ether oxygens (including phenoxy) is 4. The second kappa shape index (κ2) is 12.6. The van der Waals surface area contributed by atoms with Crippen LogP contribution in [0.25, 0.3) is 6.08 Å². The van der Waals surface area contributed by atoms with Crippen LogP contribution in [0.4, 0.5) is 0 Å². The van der Waals surface area contributed by atoms with Gasteiger partial charge in [0.25, 0.3) is 5.91 Å². The molecule has 0 radical (unpaired) electrons. The summed E-state index contributed by atoms with van der Waals surface area (Å²) in [6.45, 7) is 8.72. The lowest BCUT2D eigenvalue weighted by Gasteiger charge is -2.13. The molecule has 1 saturated heterocycles. The zero-order valence-corrected chi connectivity index (χ0v) is 20.8. The summed E-state index contributed by atoms with van der Waals surface area (Å²) < 4.78 is 23.4. The van der Waals surface area contributed by atoms with E-state index in [4.69, 9.17) is 31.2 Å². The van der Waals surface area contributed by atoms with Gasteiger partial charge in [0.05, 0.1) is 24.7 Å². The predicted octanol–water partition coefficient (Wildman–Crippen LogP) is 5.09. The summed E-state index contributed by atoms with van der Waals surface area (Å²) in [5.74, 6) is 2.03. The summed E-state index contributed by atoms with van der Waals surface area (Å²) in [7, 11) is 0. The Morgan fingerprint density at radius 1 is 0.939 bits per heavy atom. The molecule has 3 rings (SSSR count). The third kappa shape index (κ3) is 7.22. The summed E-state index contributed by atoms with van der Waals surface area (Å²) >= 11 is 6.59. The number of nitrogens with zero attached hydrogens (tertiary/aromatic N) is 1. The Balaban J connectivity index is 1.48. The van der Waals surface area contributed by atoms with Gasteiger partial charge in [0, 0.05) is 6.54 Å². The normalized spacial score (nSPS) is 14.8. The molecule has 0 bridgehead atoms. The minimum absolute atomic E-state index is 0.0608. The minimum Gasteiger partial charge on any atom is -0.491 e. The number of hydrogen-bond donors (Lipinski definition) is 0. The first kappa shape index (κ1) is 25.1. The van der Waals surface area contributed by atoms with Gasteiger partial charge in [-0.2, -0.15) is 0 Å². The van der Waals surface area contributed by atoms with Crippen molar-refractivity contribution in [2.24, 2.45) is 0 Å². The summed E-state index contributed by atoms with van der Waals surface area (Å²) in [5.41, 5.74) is 2.05. The van der Waals surface area contributed by atoms with Gasteiger partial charge in [0.15, 0.2) is 11.5 Å². The van der Waals surface area contributed by atoms with Gasteiger partial charge in [-0.15, -0.1) is 0 Å².